The molecule has 0 aromatic heterocycles. The molecule has 0 spiro atoms. The van der Waals surface area contributed by atoms with Gasteiger partial charge in [0.15, 0.2) is 0 Å². The van der Waals surface area contributed by atoms with E-state index in [1.54, 1.807) is 0 Å². The minimum Gasteiger partial charge on any atom is -0.313 e. The van der Waals surface area contributed by atoms with E-state index in [2.05, 4.69) is 42.7 Å². The smallest absolute Gasteiger partial charge is 0.0320 e. The fourth-order valence-electron chi connectivity index (χ4n) is 1.79. The third-order valence-electron chi connectivity index (χ3n) is 2.82. The van der Waals surface area contributed by atoms with E-state index < -0.39 is 0 Å². The highest BCUT2D eigenvalue weighted by Gasteiger charge is 2.25. The van der Waals surface area contributed by atoms with Gasteiger partial charge in [-0.3, -0.25) is 0 Å². The molecule has 0 bridgehead atoms. The first-order chi connectivity index (χ1) is 6.40. The molecule has 0 aliphatic heterocycles. The first-order valence-corrected chi connectivity index (χ1v) is 5.12. The molecule has 1 aliphatic rings. The lowest BCUT2D eigenvalue weighted by atomic mass is 10.0. The zero-order chi connectivity index (χ0) is 9.10. The Morgan fingerprint density at radius 2 is 2.00 bits per heavy atom. The molecular formula is C12H17N. The standard InChI is InChI=1S/C12H17N/c1-13-12(9-10-7-8-10)11-5-3-2-4-6-11/h2-6,10,12-13H,7-9H2,1H3. The number of benzene rings is 1. The Morgan fingerprint density at radius 3 is 2.54 bits per heavy atom. The average Bonchev–Trinajstić information content (AvgIpc) is 2.99. The van der Waals surface area contributed by atoms with Crippen LogP contribution in [0.2, 0.25) is 0 Å². The van der Waals surface area contributed by atoms with Crippen LogP contribution in [0.3, 0.4) is 0 Å². The Kier molecular flexibility index (Phi) is 2.65. The van der Waals surface area contributed by atoms with Crippen LogP contribution in [0.25, 0.3) is 0 Å². The maximum Gasteiger partial charge on any atom is 0.0320 e. The van der Waals surface area contributed by atoms with Gasteiger partial charge in [-0.25, -0.2) is 0 Å². The van der Waals surface area contributed by atoms with E-state index in [0.717, 1.165) is 5.92 Å². The first kappa shape index (κ1) is 8.76. The Labute approximate surface area is 80.2 Å². The summed E-state index contributed by atoms with van der Waals surface area (Å²) in [5.41, 5.74) is 1.43. The maximum atomic E-state index is 3.39. The average molecular weight is 175 g/mol. The highest BCUT2D eigenvalue weighted by atomic mass is 14.9. The Hall–Kier alpha value is -0.820. The van der Waals surface area contributed by atoms with Crippen LogP contribution in [0.15, 0.2) is 30.3 Å². The SMILES string of the molecule is CNC(CC1CC1)c1ccccc1. The molecule has 0 saturated heterocycles. The molecule has 0 heterocycles. The minimum atomic E-state index is 0.564. The van der Waals surface area contributed by atoms with Gasteiger partial charge in [0, 0.05) is 6.04 Å². The summed E-state index contributed by atoms with van der Waals surface area (Å²) in [4.78, 5) is 0. The molecule has 13 heavy (non-hydrogen) atoms. The van der Waals surface area contributed by atoms with E-state index in [4.69, 9.17) is 0 Å². The van der Waals surface area contributed by atoms with Crippen LogP contribution in [-0.2, 0) is 0 Å². The van der Waals surface area contributed by atoms with Gasteiger partial charge in [-0.15, -0.1) is 0 Å². The molecule has 1 nitrogen and oxygen atoms in total. The van der Waals surface area contributed by atoms with Crippen molar-refractivity contribution >= 4 is 0 Å². The molecule has 1 unspecified atom stereocenters. The maximum absolute atomic E-state index is 3.39. The van der Waals surface area contributed by atoms with Crippen molar-refractivity contribution in [2.45, 2.75) is 25.3 Å². The van der Waals surface area contributed by atoms with Gasteiger partial charge >= 0.3 is 0 Å². The first-order valence-electron chi connectivity index (χ1n) is 5.12. The largest absolute Gasteiger partial charge is 0.313 e. The second-order valence-electron chi connectivity index (χ2n) is 3.93. The van der Waals surface area contributed by atoms with Crippen LogP contribution in [0.5, 0.6) is 0 Å². The van der Waals surface area contributed by atoms with Crippen LogP contribution in [-0.4, -0.2) is 7.05 Å². The number of hydrogen-bond donors (Lipinski definition) is 1. The zero-order valence-electron chi connectivity index (χ0n) is 8.16. The van der Waals surface area contributed by atoms with E-state index in [1.165, 1.54) is 24.8 Å². The fraction of sp³-hybridized carbons (Fsp3) is 0.500. The van der Waals surface area contributed by atoms with Crippen LogP contribution >= 0.6 is 0 Å². The number of rotatable bonds is 4. The van der Waals surface area contributed by atoms with Gasteiger partial charge in [0.2, 0.25) is 0 Å². The number of hydrogen-bond acceptors (Lipinski definition) is 1. The van der Waals surface area contributed by atoms with E-state index in [0.29, 0.717) is 6.04 Å². The summed E-state index contributed by atoms with van der Waals surface area (Å²) in [7, 11) is 2.06. The third-order valence-corrected chi connectivity index (χ3v) is 2.82. The van der Waals surface area contributed by atoms with Gasteiger partial charge in [0.05, 0.1) is 0 Å². The minimum absolute atomic E-state index is 0.564. The molecule has 1 aliphatic carbocycles. The highest BCUT2D eigenvalue weighted by Crippen LogP contribution is 2.37. The van der Waals surface area contributed by atoms with Crippen LogP contribution in [0.4, 0.5) is 0 Å². The van der Waals surface area contributed by atoms with Gasteiger partial charge in [0.1, 0.15) is 0 Å². The second kappa shape index (κ2) is 3.93. The van der Waals surface area contributed by atoms with Gasteiger partial charge < -0.3 is 5.32 Å². The molecule has 2 rings (SSSR count). The van der Waals surface area contributed by atoms with Crippen molar-refractivity contribution in [3.63, 3.8) is 0 Å². The van der Waals surface area contributed by atoms with E-state index in [1.807, 2.05) is 0 Å². The highest BCUT2D eigenvalue weighted by molar-refractivity contribution is 5.19. The van der Waals surface area contributed by atoms with Crippen molar-refractivity contribution in [3.8, 4) is 0 Å². The molecule has 1 aromatic carbocycles. The molecule has 70 valence electrons. The molecule has 1 fully saturated rings. The second-order valence-corrected chi connectivity index (χ2v) is 3.93. The molecule has 1 heteroatoms. The molecule has 1 N–H and O–H groups in total. The molecule has 0 radical (unpaired) electrons. The van der Waals surface area contributed by atoms with Crippen molar-refractivity contribution < 1.29 is 0 Å². The normalized spacial score (nSPS) is 18.5. The Morgan fingerprint density at radius 1 is 1.31 bits per heavy atom. The van der Waals surface area contributed by atoms with Crippen LogP contribution in [0.1, 0.15) is 30.9 Å². The van der Waals surface area contributed by atoms with Crippen molar-refractivity contribution in [1.82, 2.24) is 5.32 Å². The zero-order valence-corrected chi connectivity index (χ0v) is 8.16. The Bertz CT molecular complexity index is 251. The van der Waals surface area contributed by atoms with Gasteiger partial charge in [0.25, 0.3) is 0 Å². The summed E-state index contributed by atoms with van der Waals surface area (Å²) in [5, 5.41) is 3.39. The summed E-state index contributed by atoms with van der Waals surface area (Å²) in [6.07, 6.45) is 4.18. The predicted octanol–water partition coefficient (Wildman–Crippen LogP) is 2.75. The summed E-state index contributed by atoms with van der Waals surface area (Å²) < 4.78 is 0. The monoisotopic (exact) mass is 175 g/mol. The van der Waals surface area contributed by atoms with Crippen molar-refractivity contribution in [3.05, 3.63) is 35.9 Å². The van der Waals surface area contributed by atoms with Crippen molar-refractivity contribution in [2.75, 3.05) is 7.05 Å². The fourth-order valence-corrected chi connectivity index (χ4v) is 1.79. The van der Waals surface area contributed by atoms with Crippen LogP contribution < -0.4 is 5.32 Å². The summed E-state index contributed by atoms with van der Waals surface area (Å²) in [6, 6.07) is 11.3. The molecule has 1 atom stereocenters. The summed E-state index contributed by atoms with van der Waals surface area (Å²) in [6.45, 7) is 0. The predicted molar refractivity (Wildman–Crippen MR) is 55.6 cm³/mol. The lowest BCUT2D eigenvalue weighted by Crippen LogP contribution is -2.16. The van der Waals surface area contributed by atoms with Gasteiger partial charge in [-0.2, -0.15) is 0 Å². The lowest BCUT2D eigenvalue weighted by Gasteiger charge is -2.15. The number of nitrogens with one attached hydrogen (secondary N) is 1. The van der Waals surface area contributed by atoms with E-state index in [-0.39, 0.29) is 0 Å². The van der Waals surface area contributed by atoms with E-state index in [9.17, 15) is 0 Å². The quantitative estimate of drug-likeness (QED) is 0.742. The third kappa shape index (κ3) is 2.31. The summed E-state index contributed by atoms with van der Waals surface area (Å²) in [5.74, 6) is 0.984. The van der Waals surface area contributed by atoms with Crippen LogP contribution in [0, 0.1) is 5.92 Å². The Balaban J connectivity index is 2.02. The van der Waals surface area contributed by atoms with Gasteiger partial charge in [-0.1, -0.05) is 43.2 Å². The molecule has 1 aromatic rings. The van der Waals surface area contributed by atoms with Crippen molar-refractivity contribution in [1.29, 1.82) is 0 Å². The molecule has 0 amide bonds. The molecule has 1 saturated carbocycles. The van der Waals surface area contributed by atoms with Crippen molar-refractivity contribution in [2.24, 2.45) is 5.92 Å². The molecular weight excluding hydrogens is 158 g/mol. The van der Waals surface area contributed by atoms with Gasteiger partial charge in [-0.05, 0) is 24.9 Å². The lowest BCUT2D eigenvalue weighted by molar-refractivity contribution is 0.514. The topological polar surface area (TPSA) is 12.0 Å². The van der Waals surface area contributed by atoms with E-state index >= 15 is 0 Å². The summed E-state index contributed by atoms with van der Waals surface area (Å²) >= 11 is 0.